The van der Waals surface area contributed by atoms with E-state index in [1.807, 2.05) is 6.07 Å². The number of para-hydroxylation sites is 1. The minimum absolute atomic E-state index is 0.0669. The standard InChI is InChI=1S/C18H14F3N3O/c1-24-10-13(16(23-24)17(20)21)18(25)22-15-12(8-5-9-14(15)19)11-6-3-2-4-7-11/h2-10,17H,1H3,(H,22,25). The predicted molar refractivity (Wildman–Crippen MR) is 88.0 cm³/mol. The smallest absolute Gasteiger partial charge is 0.282 e. The SMILES string of the molecule is Cn1cc(C(=O)Nc2c(F)cccc2-c2ccccc2)c(C(F)F)n1. The summed E-state index contributed by atoms with van der Waals surface area (Å²) in [5.41, 5.74) is 0.147. The number of anilines is 1. The Balaban J connectivity index is 2.00. The van der Waals surface area contributed by atoms with Crippen LogP contribution in [0.15, 0.2) is 54.7 Å². The molecule has 3 rings (SSSR count). The molecule has 0 aliphatic heterocycles. The van der Waals surface area contributed by atoms with E-state index in [2.05, 4.69) is 10.4 Å². The van der Waals surface area contributed by atoms with E-state index in [9.17, 15) is 18.0 Å². The van der Waals surface area contributed by atoms with E-state index in [-0.39, 0.29) is 11.3 Å². The van der Waals surface area contributed by atoms with Crippen molar-refractivity contribution in [2.24, 2.45) is 7.05 Å². The topological polar surface area (TPSA) is 46.9 Å². The number of amides is 1. The number of hydrogen-bond acceptors (Lipinski definition) is 2. The number of nitrogens with zero attached hydrogens (tertiary/aromatic N) is 2. The lowest BCUT2D eigenvalue weighted by molar-refractivity contribution is 0.101. The van der Waals surface area contributed by atoms with Crippen molar-refractivity contribution in [1.29, 1.82) is 0 Å². The van der Waals surface area contributed by atoms with Crippen LogP contribution in [0.25, 0.3) is 11.1 Å². The first-order valence-corrected chi connectivity index (χ1v) is 7.44. The van der Waals surface area contributed by atoms with Crippen LogP contribution in [0.1, 0.15) is 22.5 Å². The molecule has 3 aromatic rings. The predicted octanol–water partition coefficient (Wildman–Crippen LogP) is 4.42. The normalized spacial score (nSPS) is 10.9. The van der Waals surface area contributed by atoms with E-state index in [0.29, 0.717) is 11.1 Å². The number of nitrogens with one attached hydrogen (secondary N) is 1. The molecule has 1 amide bonds. The van der Waals surface area contributed by atoms with Crippen LogP contribution in [0.2, 0.25) is 0 Å². The van der Waals surface area contributed by atoms with E-state index in [1.165, 1.54) is 25.4 Å². The third-order valence-electron chi connectivity index (χ3n) is 3.65. The van der Waals surface area contributed by atoms with Gasteiger partial charge in [0, 0.05) is 18.8 Å². The number of carbonyl (C=O) groups excluding carboxylic acids is 1. The minimum atomic E-state index is -2.91. The fourth-order valence-electron chi connectivity index (χ4n) is 2.53. The van der Waals surface area contributed by atoms with Crippen molar-refractivity contribution >= 4 is 11.6 Å². The van der Waals surface area contributed by atoms with Gasteiger partial charge >= 0.3 is 0 Å². The minimum Gasteiger partial charge on any atom is -0.319 e. The number of aromatic nitrogens is 2. The molecule has 7 heteroatoms. The summed E-state index contributed by atoms with van der Waals surface area (Å²) in [4.78, 5) is 12.4. The number of aryl methyl sites for hydroxylation is 1. The molecule has 0 saturated carbocycles. The van der Waals surface area contributed by atoms with Crippen molar-refractivity contribution in [3.63, 3.8) is 0 Å². The molecule has 1 aromatic heterocycles. The third-order valence-corrected chi connectivity index (χ3v) is 3.65. The fourth-order valence-corrected chi connectivity index (χ4v) is 2.53. The van der Waals surface area contributed by atoms with Crippen LogP contribution in [0.5, 0.6) is 0 Å². The zero-order valence-corrected chi connectivity index (χ0v) is 13.2. The fraction of sp³-hybridized carbons (Fsp3) is 0.111. The van der Waals surface area contributed by atoms with E-state index in [4.69, 9.17) is 0 Å². The van der Waals surface area contributed by atoms with Gasteiger partial charge in [0.1, 0.15) is 11.5 Å². The highest BCUT2D eigenvalue weighted by Crippen LogP contribution is 2.31. The molecular weight excluding hydrogens is 331 g/mol. The molecule has 0 fully saturated rings. The average molecular weight is 345 g/mol. The Morgan fingerprint density at radius 2 is 1.84 bits per heavy atom. The van der Waals surface area contributed by atoms with Crippen LogP contribution >= 0.6 is 0 Å². The van der Waals surface area contributed by atoms with Gasteiger partial charge in [0.2, 0.25) is 0 Å². The number of halogens is 3. The van der Waals surface area contributed by atoms with Gasteiger partial charge in [-0.15, -0.1) is 0 Å². The lowest BCUT2D eigenvalue weighted by Gasteiger charge is -2.12. The van der Waals surface area contributed by atoms with Gasteiger partial charge in [0.15, 0.2) is 0 Å². The summed E-state index contributed by atoms with van der Waals surface area (Å²) in [6.45, 7) is 0. The second kappa shape index (κ2) is 6.80. The number of rotatable bonds is 4. The molecule has 25 heavy (non-hydrogen) atoms. The molecule has 1 heterocycles. The molecule has 128 valence electrons. The van der Waals surface area contributed by atoms with Crippen molar-refractivity contribution in [3.05, 3.63) is 71.8 Å². The average Bonchev–Trinajstić information content (AvgIpc) is 3.00. The van der Waals surface area contributed by atoms with Crippen molar-refractivity contribution in [1.82, 2.24) is 9.78 Å². The summed E-state index contributed by atoms with van der Waals surface area (Å²) in [6.07, 6.45) is -1.73. The largest absolute Gasteiger partial charge is 0.319 e. The molecule has 0 aliphatic rings. The van der Waals surface area contributed by atoms with Crippen LogP contribution in [0.4, 0.5) is 18.9 Å². The summed E-state index contributed by atoms with van der Waals surface area (Å²) in [5, 5.41) is 5.99. The molecule has 1 N–H and O–H groups in total. The van der Waals surface area contributed by atoms with E-state index in [1.54, 1.807) is 30.3 Å². The zero-order valence-electron chi connectivity index (χ0n) is 13.2. The summed E-state index contributed by atoms with van der Waals surface area (Å²) in [5.74, 6) is -1.50. The Morgan fingerprint density at radius 1 is 1.12 bits per heavy atom. The lowest BCUT2D eigenvalue weighted by Crippen LogP contribution is -2.15. The third kappa shape index (κ3) is 3.40. The second-order valence-corrected chi connectivity index (χ2v) is 5.38. The number of carbonyl (C=O) groups is 1. The van der Waals surface area contributed by atoms with Gasteiger partial charge in [-0.3, -0.25) is 9.48 Å². The van der Waals surface area contributed by atoms with Crippen molar-refractivity contribution < 1.29 is 18.0 Å². The molecule has 0 unspecified atom stereocenters. The van der Waals surface area contributed by atoms with Gasteiger partial charge in [-0.2, -0.15) is 5.10 Å². The molecule has 2 aromatic carbocycles. The Labute approximate surface area is 141 Å². The highest BCUT2D eigenvalue weighted by atomic mass is 19.3. The first kappa shape index (κ1) is 16.8. The van der Waals surface area contributed by atoms with Gasteiger partial charge in [-0.1, -0.05) is 42.5 Å². The van der Waals surface area contributed by atoms with E-state index < -0.39 is 23.8 Å². The summed E-state index contributed by atoms with van der Waals surface area (Å²) >= 11 is 0. The number of hydrogen-bond donors (Lipinski definition) is 1. The zero-order chi connectivity index (χ0) is 18.0. The highest BCUT2D eigenvalue weighted by molar-refractivity contribution is 6.07. The van der Waals surface area contributed by atoms with Crippen molar-refractivity contribution in [2.45, 2.75) is 6.43 Å². The van der Waals surface area contributed by atoms with Gasteiger partial charge < -0.3 is 5.32 Å². The first-order chi connectivity index (χ1) is 12.0. The number of benzene rings is 2. The van der Waals surface area contributed by atoms with Crippen molar-refractivity contribution in [2.75, 3.05) is 5.32 Å². The molecule has 0 spiro atoms. The summed E-state index contributed by atoms with van der Waals surface area (Å²) in [7, 11) is 1.43. The lowest BCUT2D eigenvalue weighted by atomic mass is 10.0. The van der Waals surface area contributed by atoms with Gasteiger partial charge in [0.25, 0.3) is 12.3 Å². The molecule has 0 bridgehead atoms. The van der Waals surface area contributed by atoms with Crippen LogP contribution in [-0.4, -0.2) is 15.7 Å². The molecule has 0 radical (unpaired) electrons. The van der Waals surface area contributed by atoms with Crippen molar-refractivity contribution in [3.8, 4) is 11.1 Å². The van der Waals surface area contributed by atoms with E-state index >= 15 is 0 Å². The maximum atomic E-state index is 14.3. The maximum absolute atomic E-state index is 14.3. The molecule has 0 saturated heterocycles. The van der Waals surface area contributed by atoms with Crippen LogP contribution in [-0.2, 0) is 7.05 Å². The monoisotopic (exact) mass is 345 g/mol. The quantitative estimate of drug-likeness (QED) is 0.761. The van der Waals surface area contributed by atoms with Crippen LogP contribution < -0.4 is 5.32 Å². The Morgan fingerprint density at radius 3 is 2.52 bits per heavy atom. The van der Waals surface area contributed by atoms with Gasteiger partial charge in [0.05, 0.1) is 11.3 Å². The Kier molecular flexibility index (Phi) is 4.56. The summed E-state index contributed by atoms with van der Waals surface area (Å²) < 4.78 is 41.5. The highest BCUT2D eigenvalue weighted by Gasteiger charge is 2.24. The first-order valence-electron chi connectivity index (χ1n) is 7.44. The van der Waals surface area contributed by atoms with Crippen LogP contribution in [0, 0.1) is 5.82 Å². The van der Waals surface area contributed by atoms with Gasteiger partial charge in [-0.25, -0.2) is 13.2 Å². The molecule has 4 nitrogen and oxygen atoms in total. The van der Waals surface area contributed by atoms with Crippen LogP contribution in [0.3, 0.4) is 0 Å². The molecule has 0 atom stereocenters. The Hall–Kier alpha value is -3.09. The second-order valence-electron chi connectivity index (χ2n) is 5.38. The Bertz CT molecular complexity index is 907. The number of alkyl halides is 2. The molecule has 0 aliphatic carbocycles. The molecular formula is C18H14F3N3O. The summed E-state index contributed by atoms with van der Waals surface area (Å²) in [6, 6.07) is 13.3. The van der Waals surface area contributed by atoms with E-state index in [0.717, 1.165) is 4.68 Å². The van der Waals surface area contributed by atoms with Gasteiger partial charge in [-0.05, 0) is 11.6 Å². The maximum Gasteiger partial charge on any atom is 0.282 e.